The van der Waals surface area contributed by atoms with Crippen LogP contribution in [-0.2, 0) is 4.79 Å². The highest BCUT2D eigenvalue weighted by atomic mass is 16.4. The zero-order valence-corrected chi connectivity index (χ0v) is 9.89. The molecule has 0 amide bonds. The molecule has 0 atom stereocenters. The molecule has 0 aliphatic carbocycles. The van der Waals surface area contributed by atoms with Crippen molar-refractivity contribution in [2.45, 2.75) is 19.8 Å². The highest BCUT2D eigenvalue weighted by Gasteiger charge is 1.86. The van der Waals surface area contributed by atoms with Crippen molar-refractivity contribution in [2.24, 2.45) is 0 Å². The Kier molecular flexibility index (Phi) is 5.58. The summed E-state index contributed by atoms with van der Waals surface area (Å²) in [5.74, 6) is -0.863. The second-order valence-electron chi connectivity index (χ2n) is 3.59. The van der Waals surface area contributed by atoms with E-state index in [1.165, 1.54) is 17.0 Å². The fraction of sp³-hybridized carbons (Fsp3) is 0.214. The van der Waals surface area contributed by atoms with Gasteiger partial charge in [-0.05, 0) is 23.9 Å². The fourth-order valence-corrected chi connectivity index (χ4v) is 1.35. The number of carbonyl (C=O) groups is 1. The number of carboxylic acids is 1. The number of nitrogens with one attached hydrogen (secondary N) is 1. The second-order valence-corrected chi connectivity index (χ2v) is 3.59. The van der Waals surface area contributed by atoms with Gasteiger partial charge < -0.3 is 10.1 Å². The van der Waals surface area contributed by atoms with Gasteiger partial charge in [-0.1, -0.05) is 37.6 Å². The van der Waals surface area contributed by atoms with E-state index in [9.17, 15) is 4.79 Å². The zero-order valence-electron chi connectivity index (χ0n) is 9.89. The first-order valence-electron chi connectivity index (χ1n) is 5.65. The first-order valence-corrected chi connectivity index (χ1v) is 5.65. The third kappa shape index (κ3) is 5.02. The van der Waals surface area contributed by atoms with Gasteiger partial charge in [0.05, 0.1) is 0 Å². The Labute approximate surface area is 101 Å². The zero-order chi connectivity index (χ0) is 12.5. The summed E-state index contributed by atoms with van der Waals surface area (Å²) in [6.45, 7) is 2.01. The number of para-hydroxylation sites is 1. The van der Waals surface area contributed by atoms with Gasteiger partial charge in [-0.25, -0.2) is 4.79 Å². The predicted octanol–water partition coefficient (Wildman–Crippen LogP) is 3.60. The van der Waals surface area contributed by atoms with Crippen LogP contribution in [0.1, 0.15) is 19.8 Å². The third-order valence-electron chi connectivity index (χ3n) is 2.18. The maximum absolute atomic E-state index is 9.79. The minimum atomic E-state index is -0.863. The van der Waals surface area contributed by atoms with Crippen LogP contribution in [0.5, 0.6) is 0 Å². The lowest BCUT2D eigenvalue weighted by Gasteiger charge is -1.83. The number of rotatable bonds is 3. The van der Waals surface area contributed by atoms with Crippen LogP contribution in [-0.4, -0.2) is 16.1 Å². The van der Waals surface area contributed by atoms with E-state index in [0.29, 0.717) is 0 Å². The van der Waals surface area contributed by atoms with Gasteiger partial charge >= 0.3 is 5.97 Å². The lowest BCUT2D eigenvalue weighted by molar-refractivity contribution is -0.131. The number of carboxylic acid groups (broad SMARTS) is 1. The Bertz CT molecular complexity index is 455. The second kappa shape index (κ2) is 7.28. The minimum Gasteiger partial charge on any atom is -0.478 e. The van der Waals surface area contributed by atoms with E-state index >= 15 is 0 Å². The summed E-state index contributed by atoms with van der Waals surface area (Å²) < 4.78 is 0. The molecule has 3 heteroatoms. The topological polar surface area (TPSA) is 53.1 Å². The van der Waals surface area contributed by atoms with Crippen LogP contribution >= 0.6 is 0 Å². The van der Waals surface area contributed by atoms with Crippen molar-refractivity contribution in [3.8, 4) is 0 Å². The number of unbranched alkanes of at least 4 members (excludes halogenated alkanes) is 1. The van der Waals surface area contributed by atoms with Crippen molar-refractivity contribution in [3.05, 3.63) is 48.7 Å². The van der Waals surface area contributed by atoms with Crippen molar-refractivity contribution in [2.75, 3.05) is 0 Å². The summed E-state index contributed by atoms with van der Waals surface area (Å²) in [6, 6.07) is 10.3. The van der Waals surface area contributed by atoms with Crippen molar-refractivity contribution < 1.29 is 9.90 Å². The van der Waals surface area contributed by atoms with E-state index < -0.39 is 5.97 Å². The maximum atomic E-state index is 9.79. The van der Waals surface area contributed by atoms with Crippen LogP contribution in [0.15, 0.2) is 48.7 Å². The van der Waals surface area contributed by atoms with Gasteiger partial charge in [0.2, 0.25) is 0 Å². The summed E-state index contributed by atoms with van der Waals surface area (Å²) in [5.41, 5.74) is 1.21. The molecule has 0 fully saturated rings. The number of fused-ring (bicyclic) bond motifs is 1. The van der Waals surface area contributed by atoms with E-state index in [0.717, 1.165) is 12.8 Å². The Morgan fingerprint density at radius 1 is 1.35 bits per heavy atom. The molecule has 0 aliphatic rings. The third-order valence-corrected chi connectivity index (χ3v) is 2.18. The molecule has 2 rings (SSSR count). The van der Waals surface area contributed by atoms with Crippen molar-refractivity contribution in [3.63, 3.8) is 0 Å². The summed E-state index contributed by atoms with van der Waals surface area (Å²) in [6.07, 6.45) is 6.63. The lowest BCUT2D eigenvalue weighted by Crippen LogP contribution is -1.84. The smallest absolute Gasteiger partial charge is 0.327 e. The lowest BCUT2D eigenvalue weighted by atomic mass is 10.3. The van der Waals surface area contributed by atoms with Gasteiger partial charge in [0.25, 0.3) is 0 Å². The molecule has 17 heavy (non-hydrogen) atoms. The summed E-state index contributed by atoms with van der Waals surface area (Å²) in [4.78, 5) is 12.9. The molecule has 0 radical (unpaired) electrons. The summed E-state index contributed by atoms with van der Waals surface area (Å²) in [5, 5.41) is 9.33. The van der Waals surface area contributed by atoms with Crippen LogP contribution in [0.25, 0.3) is 10.9 Å². The molecule has 0 bridgehead atoms. The average Bonchev–Trinajstić information content (AvgIpc) is 2.78. The molecule has 90 valence electrons. The number of benzene rings is 1. The molecule has 3 nitrogen and oxygen atoms in total. The fourth-order valence-electron chi connectivity index (χ4n) is 1.35. The molecule has 0 unspecified atom stereocenters. The van der Waals surface area contributed by atoms with E-state index in [1.807, 2.05) is 25.3 Å². The molecule has 0 saturated heterocycles. The Morgan fingerprint density at radius 2 is 2.12 bits per heavy atom. The first-order chi connectivity index (χ1) is 8.24. The van der Waals surface area contributed by atoms with Gasteiger partial charge in [0.15, 0.2) is 0 Å². The normalized spacial score (nSPS) is 10.2. The Hall–Kier alpha value is -2.03. The van der Waals surface area contributed by atoms with Crippen LogP contribution in [0, 0.1) is 0 Å². The highest BCUT2D eigenvalue weighted by Crippen LogP contribution is 2.09. The molecule has 2 aromatic rings. The van der Waals surface area contributed by atoms with E-state index in [1.54, 1.807) is 6.08 Å². The standard InChI is InChI=1S/C8H7N.C6H10O2/c1-2-4-8-7(3-1)5-6-9-8;1-2-3-4-5-6(7)8/h1-6,9H;4-5H,2-3H2,1H3,(H,7,8). The monoisotopic (exact) mass is 231 g/mol. The molecule has 0 saturated carbocycles. The van der Waals surface area contributed by atoms with Gasteiger partial charge in [0, 0.05) is 17.8 Å². The average molecular weight is 231 g/mol. The van der Waals surface area contributed by atoms with E-state index in [4.69, 9.17) is 5.11 Å². The number of aromatic nitrogens is 1. The number of hydrogen-bond acceptors (Lipinski definition) is 1. The molecule has 1 aromatic carbocycles. The van der Waals surface area contributed by atoms with Crippen LogP contribution in [0.3, 0.4) is 0 Å². The minimum absolute atomic E-state index is 0.853. The largest absolute Gasteiger partial charge is 0.478 e. The highest BCUT2D eigenvalue weighted by molar-refractivity contribution is 5.79. The van der Waals surface area contributed by atoms with Crippen LogP contribution in [0.2, 0.25) is 0 Å². The van der Waals surface area contributed by atoms with Crippen molar-refractivity contribution >= 4 is 16.9 Å². The SMILES string of the molecule is CCCC=CC(=O)O.c1ccc2[nH]ccc2c1. The van der Waals surface area contributed by atoms with E-state index in [-0.39, 0.29) is 0 Å². The molecule has 0 aliphatic heterocycles. The van der Waals surface area contributed by atoms with Crippen LogP contribution in [0.4, 0.5) is 0 Å². The first kappa shape index (κ1) is 13.0. The maximum Gasteiger partial charge on any atom is 0.327 e. The number of hydrogen-bond donors (Lipinski definition) is 2. The van der Waals surface area contributed by atoms with Gasteiger partial charge in [-0.3, -0.25) is 0 Å². The van der Waals surface area contributed by atoms with Gasteiger partial charge in [-0.15, -0.1) is 0 Å². The quantitative estimate of drug-likeness (QED) is 0.793. The van der Waals surface area contributed by atoms with Crippen molar-refractivity contribution in [1.82, 2.24) is 4.98 Å². The number of allylic oxidation sites excluding steroid dienone is 1. The van der Waals surface area contributed by atoms with E-state index in [2.05, 4.69) is 23.2 Å². The molecular weight excluding hydrogens is 214 g/mol. The number of H-pyrrole nitrogens is 1. The summed E-state index contributed by atoms with van der Waals surface area (Å²) in [7, 11) is 0. The number of aliphatic carboxylic acids is 1. The van der Waals surface area contributed by atoms with Gasteiger partial charge in [-0.2, -0.15) is 0 Å². The predicted molar refractivity (Wildman–Crippen MR) is 70.0 cm³/mol. The van der Waals surface area contributed by atoms with Crippen LogP contribution < -0.4 is 0 Å². The Morgan fingerprint density at radius 3 is 2.76 bits per heavy atom. The molecule has 1 heterocycles. The molecular formula is C14H17NO2. The Balaban J connectivity index is 0.000000172. The summed E-state index contributed by atoms with van der Waals surface area (Å²) >= 11 is 0. The molecule has 1 aromatic heterocycles. The van der Waals surface area contributed by atoms with Crippen molar-refractivity contribution in [1.29, 1.82) is 0 Å². The van der Waals surface area contributed by atoms with Gasteiger partial charge in [0.1, 0.15) is 0 Å². The molecule has 2 N–H and O–H groups in total. The number of aromatic amines is 1. The molecule has 0 spiro atoms.